The van der Waals surface area contributed by atoms with Crippen LogP contribution in [0.15, 0.2) is 18.5 Å². The van der Waals surface area contributed by atoms with Gasteiger partial charge < -0.3 is 10.5 Å². The average molecular weight is 178 g/mol. The second-order valence-electron chi connectivity index (χ2n) is 3.59. The lowest BCUT2D eigenvalue weighted by molar-refractivity contribution is 0.243. The lowest BCUT2D eigenvalue weighted by Crippen LogP contribution is -2.43. The zero-order valence-electron chi connectivity index (χ0n) is 7.79. The van der Waals surface area contributed by atoms with Crippen LogP contribution >= 0.6 is 0 Å². The summed E-state index contributed by atoms with van der Waals surface area (Å²) < 4.78 is 5.22. The number of nitrogens with zero attached hydrogens (tertiary/aromatic N) is 1. The molecular formula is C10H14N2O. The van der Waals surface area contributed by atoms with Crippen LogP contribution in [0.25, 0.3) is 0 Å². The minimum Gasteiger partial charge on any atom is -0.495 e. The maximum absolute atomic E-state index is 6.19. The molecule has 1 saturated carbocycles. The molecule has 3 heteroatoms. The topological polar surface area (TPSA) is 48.1 Å². The largest absolute Gasteiger partial charge is 0.495 e. The molecule has 2 N–H and O–H groups in total. The first-order valence-electron chi connectivity index (χ1n) is 4.54. The van der Waals surface area contributed by atoms with Gasteiger partial charge in [0.1, 0.15) is 5.75 Å². The van der Waals surface area contributed by atoms with Gasteiger partial charge in [-0.1, -0.05) is 0 Å². The SMILES string of the molecule is COc1cnccc1C1(N)CCC1. The standard InChI is InChI=1S/C10H14N2O/c1-13-9-7-12-6-3-8(9)10(11)4-2-5-10/h3,6-7H,2,4-5,11H2,1H3. The van der Waals surface area contributed by atoms with E-state index in [4.69, 9.17) is 10.5 Å². The van der Waals surface area contributed by atoms with Gasteiger partial charge in [0, 0.05) is 17.3 Å². The van der Waals surface area contributed by atoms with Crippen LogP contribution in [0.5, 0.6) is 5.75 Å². The van der Waals surface area contributed by atoms with Crippen molar-refractivity contribution < 1.29 is 4.74 Å². The van der Waals surface area contributed by atoms with Crippen LogP contribution in [0.4, 0.5) is 0 Å². The average Bonchev–Trinajstić information content (AvgIpc) is 2.14. The van der Waals surface area contributed by atoms with Crippen molar-refractivity contribution in [1.82, 2.24) is 4.98 Å². The fourth-order valence-corrected chi connectivity index (χ4v) is 1.78. The zero-order chi connectivity index (χ0) is 9.31. The van der Waals surface area contributed by atoms with Gasteiger partial charge in [-0.3, -0.25) is 4.98 Å². The van der Waals surface area contributed by atoms with E-state index in [2.05, 4.69) is 4.98 Å². The number of rotatable bonds is 2. The van der Waals surface area contributed by atoms with E-state index in [-0.39, 0.29) is 5.54 Å². The second-order valence-corrected chi connectivity index (χ2v) is 3.59. The Morgan fingerprint density at radius 2 is 2.31 bits per heavy atom. The summed E-state index contributed by atoms with van der Waals surface area (Å²) in [5, 5.41) is 0. The lowest BCUT2D eigenvalue weighted by Gasteiger charge is -2.39. The quantitative estimate of drug-likeness (QED) is 0.745. The van der Waals surface area contributed by atoms with Crippen molar-refractivity contribution in [2.75, 3.05) is 7.11 Å². The fraction of sp³-hybridized carbons (Fsp3) is 0.500. The van der Waals surface area contributed by atoms with E-state index in [1.165, 1.54) is 6.42 Å². The lowest BCUT2D eigenvalue weighted by atomic mass is 9.73. The molecule has 0 bridgehead atoms. The van der Waals surface area contributed by atoms with Crippen LogP contribution in [0, 0.1) is 0 Å². The number of methoxy groups -OCH3 is 1. The van der Waals surface area contributed by atoms with E-state index < -0.39 is 0 Å². The van der Waals surface area contributed by atoms with Crippen molar-refractivity contribution in [3.05, 3.63) is 24.0 Å². The molecule has 0 spiro atoms. The van der Waals surface area contributed by atoms with Gasteiger partial charge in [-0.25, -0.2) is 0 Å². The fourth-order valence-electron chi connectivity index (χ4n) is 1.78. The highest BCUT2D eigenvalue weighted by molar-refractivity contribution is 5.37. The predicted molar refractivity (Wildman–Crippen MR) is 50.5 cm³/mol. The Labute approximate surface area is 77.9 Å². The first kappa shape index (κ1) is 8.51. The third kappa shape index (κ3) is 1.29. The van der Waals surface area contributed by atoms with Gasteiger partial charge in [-0.05, 0) is 25.3 Å². The number of hydrogen-bond acceptors (Lipinski definition) is 3. The number of nitrogens with two attached hydrogens (primary N) is 1. The molecule has 0 amide bonds. The summed E-state index contributed by atoms with van der Waals surface area (Å²) >= 11 is 0. The van der Waals surface area contributed by atoms with Gasteiger partial charge >= 0.3 is 0 Å². The van der Waals surface area contributed by atoms with Crippen LogP contribution < -0.4 is 10.5 Å². The Kier molecular flexibility index (Phi) is 1.96. The molecule has 0 aromatic carbocycles. The van der Waals surface area contributed by atoms with Crippen LogP contribution in [0.1, 0.15) is 24.8 Å². The van der Waals surface area contributed by atoms with E-state index in [0.717, 1.165) is 24.2 Å². The normalized spacial score (nSPS) is 19.2. The molecule has 70 valence electrons. The smallest absolute Gasteiger partial charge is 0.142 e. The highest BCUT2D eigenvalue weighted by atomic mass is 16.5. The third-order valence-corrected chi connectivity index (χ3v) is 2.79. The molecule has 3 nitrogen and oxygen atoms in total. The summed E-state index contributed by atoms with van der Waals surface area (Å²) in [6.45, 7) is 0. The summed E-state index contributed by atoms with van der Waals surface area (Å²) in [4.78, 5) is 4.01. The highest BCUT2D eigenvalue weighted by Crippen LogP contribution is 2.42. The van der Waals surface area contributed by atoms with Crippen molar-refractivity contribution in [2.24, 2.45) is 5.73 Å². The summed E-state index contributed by atoms with van der Waals surface area (Å²) in [6.07, 6.45) is 6.80. The molecule has 1 heterocycles. The van der Waals surface area contributed by atoms with E-state index in [9.17, 15) is 0 Å². The predicted octanol–water partition coefficient (Wildman–Crippen LogP) is 1.43. The van der Waals surface area contributed by atoms with Gasteiger partial charge in [0.25, 0.3) is 0 Å². The van der Waals surface area contributed by atoms with E-state index in [1.807, 2.05) is 6.07 Å². The first-order chi connectivity index (χ1) is 6.26. The van der Waals surface area contributed by atoms with Gasteiger partial charge in [-0.2, -0.15) is 0 Å². The Bertz CT molecular complexity index is 308. The van der Waals surface area contributed by atoms with E-state index in [0.29, 0.717) is 0 Å². The van der Waals surface area contributed by atoms with Crippen molar-refractivity contribution in [1.29, 1.82) is 0 Å². The molecule has 1 aromatic rings. The van der Waals surface area contributed by atoms with Crippen molar-refractivity contribution in [3.8, 4) is 5.75 Å². The molecular weight excluding hydrogens is 164 g/mol. The van der Waals surface area contributed by atoms with Crippen LogP contribution in [0.3, 0.4) is 0 Å². The first-order valence-corrected chi connectivity index (χ1v) is 4.54. The van der Waals surface area contributed by atoms with Gasteiger partial charge in [0.05, 0.1) is 13.3 Å². The van der Waals surface area contributed by atoms with Crippen LogP contribution in [-0.2, 0) is 5.54 Å². The molecule has 0 unspecified atom stereocenters. The molecule has 1 aromatic heterocycles. The molecule has 13 heavy (non-hydrogen) atoms. The molecule has 0 aliphatic heterocycles. The Morgan fingerprint density at radius 1 is 1.54 bits per heavy atom. The van der Waals surface area contributed by atoms with Crippen molar-refractivity contribution in [2.45, 2.75) is 24.8 Å². The molecule has 2 rings (SSSR count). The second kappa shape index (κ2) is 3.00. The monoisotopic (exact) mass is 178 g/mol. The number of ether oxygens (including phenoxy) is 1. The maximum Gasteiger partial charge on any atom is 0.142 e. The molecule has 1 fully saturated rings. The van der Waals surface area contributed by atoms with Gasteiger partial charge in [0.15, 0.2) is 0 Å². The molecule has 1 aliphatic carbocycles. The van der Waals surface area contributed by atoms with E-state index >= 15 is 0 Å². The maximum atomic E-state index is 6.19. The third-order valence-electron chi connectivity index (χ3n) is 2.79. The van der Waals surface area contributed by atoms with Crippen LogP contribution in [-0.4, -0.2) is 12.1 Å². The minimum atomic E-state index is -0.158. The van der Waals surface area contributed by atoms with Crippen molar-refractivity contribution in [3.63, 3.8) is 0 Å². The van der Waals surface area contributed by atoms with Crippen molar-refractivity contribution >= 4 is 0 Å². The number of pyridine rings is 1. The summed E-state index contributed by atoms with van der Waals surface area (Å²) in [6, 6.07) is 1.96. The summed E-state index contributed by atoms with van der Waals surface area (Å²) in [5.41, 5.74) is 7.13. The molecule has 0 radical (unpaired) electrons. The van der Waals surface area contributed by atoms with E-state index in [1.54, 1.807) is 19.5 Å². The Morgan fingerprint density at radius 3 is 2.85 bits per heavy atom. The molecule has 0 atom stereocenters. The Balaban J connectivity index is 2.38. The highest BCUT2D eigenvalue weighted by Gasteiger charge is 2.36. The van der Waals surface area contributed by atoms with Crippen LogP contribution in [0.2, 0.25) is 0 Å². The number of hydrogen-bond donors (Lipinski definition) is 1. The van der Waals surface area contributed by atoms with Gasteiger partial charge in [0.2, 0.25) is 0 Å². The summed E-state index contributed by atoms with van der Waals surface area (Å²) in [7, 11) is 1.66. The Hall–Kier alpha value is -1.09. The molecule has 0 saturated heterocycles. The van der Waals surface area contributed by atoms with Gasteiger partial charge in [-0.15, -0.1) is 0 Å². The molecule has 1 aliphatic rings. The number of aromatic nitrogens is 1. The minimum absolute atomic E-state index is 0.158. The zero-order valence-corrected chi connectivity index (χ0v) is 7.79. The summed E-state index contributed by atoms with van der Waals surface area (Å²) in [5.74, 6) is 0.810.